The Morgan fingerprint density at radius 2 is 1.62 bits per heavy atom. The Kier molecular flexibility index (Phi) is 6.33. The largest absolute Gasteiger partial charge is 0.405 e. The molecule has 5 nitrogen and oxygen atoms in total. The number of nitrogens with zero attached hydrogens (tertiary/aromatic N) is 3. The van der Waals surface area contributed by atoms with Crippen LogP contribution in [0.25, 0.3) is 11.0 Å². The molecular weight excluding hydrogens is 462 g/mol. The van der Waals surface area contributed by atoms with Crippen LogP contribution in [0.3, 0.4) is 0 Å². The van der Waals surface area contributed by atoms with E-state index in [9.17, 15) is 0 Å². The summed E-state index contributed by atoms with van der Waals surface area (Å²) in [6, 6.07) is 23.4. The number of hydrogen-bond acceptors (Lipinski definition) is 4. The van der Waals surface area contributed by atoms with Gasteiger partial charge in [-0.15, -0.1) is 0 Å². The number of benzene rings is 2. The van der Waals surface area contributed by atoms with Crippen LogP contribution in [0.5, 0.6) is 0 Å². The molecule has 1 saturated heterocycles. The van der Waals surface area contributed by atoms with Crippen LogP contribution < -0.4 is 10.4 Å². The molecule has 0 radical (unpaired) electrons. The van der Waals surface area contributed by atoms with E-state index >= 15 is 0 Å². The van der Waals surface area contributed by atoms with E-state index in [4.69, 9.17) is 20.8 Å². The average Bonchev–Trinajstić information content (AvgIpc) is 3.48. The molecule has 7 heteroatoms. The summed E-state index contributed by atoms with van der Waals surface area (Å²) in [4.78, 5) is 8.52. The first-order chi connectivity index (χ1) is 16.4. The Hall–Kier alpha value is -2.51. The van der Waals surface area contributed by atoms with E-state index in [1.165, 1.54) is 16.7 Å². The van der Waals surface area contributed by atoms with Crippen molar-refractivity contribution in [2.24, 2.45) is 0 Å². The molecule has 2 aromatic carbocycles. The average molecular weight is 492 g/mol. The predicted molar refractivity (Wildman–Crippen MR) is 139 cm³/mol. The van der Waals surface area contributed by atoms with Crippen molar-refractivity contribution in [3.05, 3.63) is 84.4 Å². The molecule has 1 fully saturated rings. The number of aromatic nitrogens is 3. The lowest BCUT2D eigenvalue weighted by atomic mass is 10.2. The molecule has 34 heavy (non-hydrogen) atoms. The van der Waals surface area contributed by atoms with E-state index in [0.717, 1.165) is 23.9 Å². The van der Waals surface area contributed by atoms with Gasteiger partial charge in [0.25, 0.3) is 8.32 Å². The summed E-state index contributed by atoms with van der Waals surface area (Å²) in [7, 11) is -2.58. The summed E-state index contributed by atoms with van der Waals surface area (Å²) in [5.41, 5.74) is 0.804. The van der Waals surface area contributed by atoms with Crippen LogP contribution in [0.15, 0.2) is 79.3 Å². The molecule has 0 spiro atoms. The van der Waals surface area contributed by atoms with Gasteiger partial charge in [-0.2, -0.15) is 0 Å². The highest BCUT2D eigenvalue weighted by atomic mass is 35.5. The second-order valence-corrected chi connectivity index (χ2v) is 14.6. The third-order valence-electron chi connectivity index (χ3n) is 6.76. The van der Waals surface area contributed by atoms with Gasteiger partial charge in [0.05, 0.1) is 18.1 Å². The lowest BCUT2D eigenvalue weighted by Gasteiger charge is -2.43. The Bertz CT molecular complexity index is 1220. The van der Waals surface area contributed by atoms with E-state index in [0.29, 0.717) is 11.8 Å². The molecule has 4 aromatic rings. The molecule has 0 aliphatic carbocycles. The second-order valence-electron chi connectivity index (χ2n) is 9.89. The Balaban J connectivity index is 1.42. The molecule has 2 atom stereocenters. The van der Waals surface area contributed by atoms with Crippen LogP contribution in [-0.4, -0.2) is 35.6 Å². The third-order valence-corrected chi connectivity index (χ3v) is 12.1. The van der Waals surface area contributed by atoms with Crippen molar-refractivity contribution in [3.8, 4) is 0 Å². The molecule has 2 aromatic heterocycles. The van der Waals surface area contributed by atoms with Gasteiger partial charge in [0.1, 0.15) is 23.4 Å². The molecule has 176 valence electrons. The van der Waals surface area contributed by atoms with Gasteiger partial charge in [0, 0.05) is 6.20 Å². The van der Waals surface area contributed by atoms with Gasteiger partial charge in [0.2, 0.25) is 0 Å². The van der Waals surface area contributed by atoms with Crippen molar-refractivity contribution in [1.82, 2.24) is 14.5 Å². The maximum atomic E-state index is 7.08. The van der Waals surface area contributed by atoms with Gasteiger partial charge in [-0.05, 0) is 34.3 Å². The van der Waals surface area contributed by atoms with Crippen molar-refractivity contribution in [2.75, 3.05) is 6.61 Å². The smallest absolute Gasteiger partial charge is 0.261 e. The Morgan fingerprint density at radius 1 is 0.971 bits per heavy atom. The normalized spacial score (nSPS) is 19.1. The summed E-state index contributed by atoms with van der Waals surface area (Å²) >= 11 is 6.24. The standard InChI is InChI=1S/C27H30ClN3O2Si/c1-27(2,3)34(21-10-6-4-7-11-21,22-12-8-5-9-13-22)32-18-20-14-15-24(33-20)31-17-16-23-25(28)29-19-30-26(23)31/h4-13,16-17,19-20,24H,14-15,18H2,1-3H3/t20-,24-/m0/s1. The van der Waals surface area contributed by atoms with Gasteiger partial charge < -0.3 is 13.7 Å². The highest BCUT2D eigenvalue weighted by Crippen LogP contribution is 2.38. The predicted octanol–water partition coefficient (Wildman–Crippen LogP) is 5.34. The van der Waals surface area contributed by atoms with E-state index in [2.05, 4.69) is 96.0 Å². The molecule has 1 aliphatic rings. The summed E-state index contributed by atoms with van der Waals surface area (Å²) in [5.74, 6) is 0. The molecule has 5 rings (SSSR count). The maximum absolute atomic E-state index is 7.08. The van der Waals surface area contributed by atoms with E-state index in [1.54, 1.807) is 0 Å². The van der Waals surface area contributed by atoms with Crippen molar-refractivity contribution < 1.29 is 9.16 Å². The summed E-state index contributed by atoms with van der Waals surface area (Å²) in [5, 5.41) is 3.82. The van der Waals surface area contributed by atoms with Gasteiger partial charge in [-0.1, -0.05) is 93.0 Å². The zero-order valence-electron chi connectivity index (χ0n) is 19.8. The van der Waals surface area contributed by atoms with Crippen molar-refractivity contribution in [1.29, 1.82) is 0 Å². The van der Waals surface area contributed by atoms with E-state index in [-0.39, 0.29) is 17.4 Å². The van der Waals surface area contributed by atoms with Crippen LogP contribution in [0.4, 0.5) is 0 Å². The van der Waals surface area contributed by atoms with Gasteiger partial charge in [-0.25, -0.2) is 9.97 Å². The number of ether oxygens (including phenoxy) is 1. The minimum absolute atomic E-state index is 0.0152. The van der Waals surface area contributed by atoms with Gasteiger partial charge >= 0.3 is 0 Å². The van der Waals surface area contributed by atoms with Gasteiger partial charge in [-0.3, -0.25) is 0 Å². The minimum Gasteiger partial charge on any atom is -0.405 e. The molecule has 0 unspecified atom stereocenters. The molecule has 1 aliphatic heterocycles. The molecule has 0 bridgehead atoms. The fourth-order valence-electron chi connectivity index (χ4n) is 5.17. The lowest BCUT2D eigenvalue weighted by molar-refractivity contribution is -0.0173. The van der Waals surface area contributed by atoms with Crippen molar-refractivity contribution in [2.45, 2.75) is 51.0 Å². The first-order valence-corrected chi connectivity index (χ1v) is 14.1. The molecule has 3 heterocycles. The summed E-state index contributed by atoms with van der Waals surface area (Å²) in [6.45, 7) is 7.45. The van der Waals surface area contributed by atoms with Crippen molar-refractivity contribution >= 4 is 41.3 Å². The highest BCUT2D eigenvalue weighted by molar-refractivity contribution is 6.99. The SMILES string of the molecule is CC(C)(C)[Si](OC[C@@H]1CC[C@@H](n2ccc3c(Cl)ncnc32)O1)(c1ccccc1)c1ccccc1. The quantitative estimate of drug-likeness (QED) is 0.270. The molecule has 0 saturated carbocycles. The van der Waals surface area contributed by atoms with Crippen LogP contribution in [-0.2, 0) is 9.16 Å². The molecule has 0 amide bonds. The van der Waals surface area contributed by atoms with Gasteiger partial charge in [0.15, 0.2) is 0 Å². The van der Waals surface area contributed by atoms with Crippen LogP contribution >= 0.6 is 11.6 Å². The fourth-order valence-corrected chi connectivity index (χ4v) is 9.95. The Labute approximate surface area is 206 Å². The van der Waals surface area contributed by atoms with E-state index in [1.807, 2.05) is 12.3 Å². The highest BCUT2D eigenvalue weighted by Gasteiger charge is 2.50. The zero-order chi connectivity index (χ0) is 23.8. The number of rotatable bonds is 6. The molecule has 0 N–H and O–H groups in total. The van der Waals surface area contributed by atoms with Crippen LogP contribution in [0.1, 0.15) is 39.8 Å². The Morgan fingerprint density at radius 3 is 2.24 bits per heavy atom. The van der Waals surface area contributed by atoms with Crippen LogP contribution in [0.2, 0.25) is 10.2 Å². The molecular formula is C27H30ClN3O2Si. The zero-order valence-corrected chi connectivity index (χ0v) is 21.6. The lowest BCUT2D eigenvalue weighted by Crippen LogP contribution is -2.67. The van der Waals surface area contributed by atoms with E-state index < -0.39 is 8.32 Å². The number of fused-ring (bicyclic) bond motifs is 1. The minimum atomic E-state index is -2.58. The topological polar surface area (TPSA) is 49.2 Å². The van der Waals surface area contributed by atoms with Crippen LogP contribution in [0, 0.1) is 0 Å². The maximum Gasteiger partial charge on any atom is 0.261 e. The third kappa shape index (κ3) is 4.09. The van der Waals surface area contributed by atoms with Crippen molar-refractivity contribution in [3.63, 3.8) is 0 Å². The number of halogens is 1. The summed E-state index contributed by atoms with van der Waals surface area (Å²) in [6.07, 6.45) is 5.25. The first-order valence-electron chi connectivity index (χ1n) is 11.8. The fraction of sp³-hybridized carbons (Fsp3) is 0.333. The summed E-state index contributed by atoms with van der Waals surface area (Å²) < 4.78 is 15.6. The number of hydrogen-bond donors (Lipinski definition) is 0. The first kappa shape index (κ1) is 23.2. The monoisotopic (exact) mass is 491 g/mol. The second kappa shape index (κ2) is 9.27.